The van der Waals surface area contributed by atoms with Crippen molar-refractivity contribution in [2.45, 2.75) is 30.6 Å². The van der Waals surface area contributed by atoms with Crippen LogP contribution in [0.2, 0.25) is 15.2 Å². The molecule has 0 spiro atoms. The van der Waals surface area contributed by atoms with E-state index in [2.05, 4.69) is 9.97 Å². The standard InChI is InChI=1S/C17H13Cl3FN3O4/c18-7-2-1-6(3-8(7)19)11(25)14-12(26)13(27)17(28-14)24-4-9(21)10-15(20)22-5-23-16(10)24/h1-5,11-14,17,25-27H/t11?,12-,13+,14+,17+/m0/s1. The van der Waals surface area contributed by atoms with Crippen LogP contribution in [-0.2, 0) is 4.74 Å². The quantitative estimate of drug-likeness (QED) is 0.533. The summed E-state index contributed by atoms with van der Waals surface area (Å²) in [6.07, 6.45) is -4.50. The number of ether oxygens (including phenoxy) is 1. The van der Waals surface area contributed by atoms with E-state index >= 15 is 0 Å². The van der Waals surface area contributed by atoms with Gasteiger partial charge < -0.3 is 24.6 Å². The summed E-state index contributed by atoms with van der Waals surface area (Å²) in [5.41, 5.74) is 0.415. The van der Waals surface area contributed by atoms with Crippen LogP contribution < -0.4 is 0 Å². The van der Waals surface area contributed by atoms with Gasteiger partial charge in [-0.2, -0.15) is 0 Å². The lowest BCUT2D eigenvalue weighted by atomic mass is 9.99. The maximum atomic E-state index is 14.3. The number of aliphatic hydroxyl groups is 3. The number of rotatable bonds is 3. The predicted octanol–water partition coefficient (Wildman–Crippen LogP) is 2.88. The average molecular weight is 449 g/mol. The molecule has 1 fully saturated rings. The van der Waals surface area contributed by atoms with E-state index in [1.165, 1.54) is 22.8 Å². The molecule has 1 aromatic carbocycles. The van der Waals surface area contributed by atoms with Crippen molar-refractivity contribution in [1.82, 2.24) is 14.5 Å². The Bertz CT molecular complexity index is 1050. The van der Waals surface area contributed by atoms with E-state index in [1.54, 1.807) is 0 Å². The molecular formula is C17H13Cl3FN3O4. The van der Waals surface area contributed by atoms with Crippen LogP contribution in [0.3, 0.4) is 0 Å². The number of hydrogen-bond donors (Lipinski definition) is 3. The summed E-state index contributed by atoms with van der Waals surface area (Å²) >= 11 is 17.8. The molecule has 28 heavy (non-hydrogen) atoms. The van der Waals surface area contributed by atoms with E-state index in [9.17, 15) is 19.7 Å². The van der Waals surface area contributed by atoms with Crippen molar-refractivity contribution in [2.75, 3.05) is 0 Å². The molecule has 3 aromatic rings. The lowest BCUT2D eigenvalue weighted by Gasteiger charge is -2.21. The van der Waals surface area contributed by atoms with Crippen molar-refractivity contribution in [3.05, 3.63) is 57.3 Å². The summed E-state index contributed by atoms with van der Waals surface area (Å²) in [7, 11) is 0. The third kappa shape index (κ3) is 3.15. The number of fused-ring (bicyclic) bond motifs is 1. The van der Waals surface area contributed by atoms with Crippen LogP contribution in [0.15, 0.2) is 30.7 Å². The van der Waals surface area contributed by atoms with E-state index in [-0.39, 0.29) is 21.2 Å². The molecule has 4 rings (SSSR count). The molecule has 7 nitrogen and oxygen atoms in total. The molecule has 3 heterocycles. The molecule has 1 aliphatic rings. The average Bonchev–Trinajstić information content (AvgIpc) is 3.15. The zero-order valence-corrected chi connectivity index (χ0v) is 16.1. The highest BCUT2D eigenvalue weighted by atomic mass is 35.5. The molecule has 148 valence electrons. The molecule has 0 aliphatic carbocycles. The Hall–Kier alpha value is -1.52. The lowest BCUT2D eigenvalue weighted by molar-refractivity contribution is -0.0849. The van der Waals surface area contributed by atoms with Crippen molar-refractivity contribution in [3.8, 4) is 0 Å². The van der Waals surface area contributed by atoms with Crippen LogP contribution in [0.5, 0.6) is 0 Å². The molecule has 1 saturated heterocycles. The van der Waals surface area contributed by atoms with Crippen LogP contribution in [-0.4, -0.2) is 48.2 Å². The van der Waals surface area contributed by atoms with Crippen LogP contribution in [0.1, 0.15) is 17.9 Å². The molecule has 0 amide bonds. The number of aromatic nitrogens is 3. The monoisotopic (exact) mass is 447 g/mol. The third-order valence-electron chi connectivity index (χ3n) is 4.66. The lowest BCUT2D eigenvalue weighted by Crippen LogP contribution is -2.34. The molecule has 11 heteroatoms. The number of benzene rings is 1. The summed E-state index contributed by atoms with van der Waals surface area (Å²) in [5, 5.41) is 31.9. The predicted molar refractivity (Wildman–Crippen MR) is 99.8 cm³/mol. The van der Waals surface area contributed by atoms with Gasteiger partial charge in [-0.25, -0.2) is 14.4 Å². The largest absolute Gasteiger partial charge is 0.387 e. The Balaban J connectivity index is 1.69. The fraction of sp³-hybridized carbons (Fsp3) is 0.294. The Labute approximate surface area is 172 Å². The number of aliphatic hydroxyl groups excluding tert-OH is 3. The first kappa shape index (κ1) is 19.8. The fourth-order valence-electron chi connectivity index (χ4n) is 3.26. The minimum absolute atomic E-state index is 0.0389. The highest BCUT2D eigenvalue weighted by molar-refractivity contribution is 6.42. The molecular weight excluding hydrogens is 436 g/mol. The molecule has 2 aromatic heterocycles. The van der Waals surface area contributed by atoms with Crippen LogP contribution in [0, 0.1) is 5.82 Å². The van der Waals surface area contributed by atoms with Gasteiger partial charge in [0.2, 0.25) is 0 Å². The second kappa shape index (κ2) is 7.38. The zero-order valence-electron chi connectivity index (χ0n) is 13.9. The summed E-state index contributed by atoms with van der Waals surface area (Å²) in [6.45, 7) is 0. The SMILES string of the molecule is OC(c1ccc(Cl)c(Cl)c1)[C@H]1O[C@@H](n2cc(F)c3c(Cl)ncnc32)[C@H](O)[C@@H]1O. The summed E-state index contributed by atoms with van der Waals surface area (Å²) in [4.78, 5) is 7.70. The Kier molecular flexibility index (Phi) is 5.22. The molecule has 0 radical (unpaired) electrons. The summed E-state index contributed by atoms with van der Waals surface area (Å²) in [6, 6.07) is 4.44. The van der Waals surface area contributed by atoms with Gasteiger partial charge in [-0.05, 0) is 17.7 Å². The molecule has 5 atom stereocenters. The maximum absolute atomic E-state index is 14.3. The van der Waals surface area contributed by atoms with Crippen molar-refractivity contribution in [2.24, 2.45) is 0 Å². The minimum atomic E-state index is -1.47. The van der Waals surface area contributed by atoms with Crippen LogP contribution in [0.25, 0.3) is 11.0 Å². The van der Waals surface area contributed by atoms with Crippen molar-refractivity contribution in [1.29, 1.82) is 0 Å². The minimum Gasteiger partial charge on any atom is -0.387 e. The van der Waals surface area contributed by atoms with E-state index in [1.807, 2.05) is 0 Å². The van der Waals surface area contributed by atoms with Gasteiger partial charge in [0.05, 0.1) is 15.4 Å². The van der Waals surface area contributed by atoms with Gasteiger partial charge in [-0.15, -0.1) is 0 Å². The van der Waals surface area contributed by atoms with Gasteiger partial charge in [0, 0.05) is 6.20 Å². The molecule has 0 saturated carbocycles. The molecule has 1 unspecified atom stereocenters. The third-order valence-corrected chi connectivity index (χ3v) is 5.69. The summed E-state index contributed by atoms with van der Waals surface area (Å²) < 4.78 is 21.2. The zero-order chi connectivity index (χ0) is 20.2. The van der Waals surface area contributed by atoms with Gasteiger partial charge in [-0.1, -0.05) is 40.9 Å². The van der Waals surface area contributed by atoms with Crippen LogP contribution >= 0.6 is 34.8 Å². The first-order valence-electron chi connectivity index (χ1n) is 8.10. The Morgan fingerprint density at radius 1 is 1.11 bits per heavy atom. The summed E-state index contributed by atoms with van der Waals surface area (Å²) in [5.74, 6) is -0.709. The van der Waals surface area contributed by atoms with Crippen molar-refractivity contribution in [3.63, 3.8) is 0 Å². The Morgan fingerprint density at radius 2 is 1.86 bits per heavy atom. The first-order valence-corrected chi connectivity index (χ1v) is 9.24. The molecule has 3 N–H and O–H groups in total. The molecule has 1 aliphatic heterocycles. The molecule has 0 bridgehead atoms. The fourth-order valence-corrected chi connectivity index (χ4v) is 3.79. The van der Waals surface area contributed by atoms with Gasteiger partial charge in [0.1, 0.15) is 41.5 Å². The van der Waals surface area contributed by atoms with Gasteiger partial charge in [0.25, 0.3) is 0 Å². The van der Waals surface area contributed by atoms with Gasteiger partial charge in [0.15, 0.2) is 12.0 Å². The van der Waals surface area contributed by atoms with Gasteiger partial charge in [-0.3, -0.25) is 0 Å². The normalized spacial score (nSPS) is 26.1. The Morgan fingerprint density at radius 3 is 2.57 bits per heavy atom. The van der Waals surface area contributed by atoms with Crippen molar-refractivity contribution < 1.29 is 24.4 Å². The van der Waals surface area contributed by atoms with E-state index in [0.29, 0.717) is 10.6 Å². The number of nitrogens with zero attached hydrogens (tertiary/aromatic N) is 3. The number of hydrogen-bond acceptors (Lipinski definition) is 6. The smallest absolute Gasteiger partial charge is 0.164 e. The number of halogens is 4. The van der Waals surface area contributed by atoms with E-state index in [4.69, 9.17) is 39.5 Å². The highest BCUT2D eigenvalue weighted by Gasteiger charge is 2.47. The van der Waals surface area contributed by atoms with Crippen LogP contribution in [0.4, 0.5) is 4.39 Å². The second-order valence-corrected chi connectivity index (χ2v) is 7.51. The topological polar surface area (TPSA) is 101 Å². The van der Waals surface area contributed by atoms with Crippen molar-refractivity contribution >= 4 is 45.8 Å². The van der Waals surface area contributed by atoms with E-state index < -0.39 is 36.5 Å². The highest BCUT2D eigenvalue weighted by Crippen LogP contribution is 2.39. The van der Waals surface area contributed by atoms with Gasteiger partial charge >= 0.3 is 0 Å². The maximum Gasteiger partial charge on any atom is 0.164 e. The van der Waals surface area contributed by atoms with E-state index in [0.717, 1.165) is 12.5 Å². The second-order valence-electron chi connectivity index (χ2n) is 6.34. The first-order chi connectivity index (χ1) is 13.3.